The average molecular weight is 270 g/mol. The minimum atomic E-state index is 0.644. The second-order valence-corrected chi connectivity index (χ2v) is 5.32. The van der Waals surface area contributed by atoms with Crippen molar-refractivity contribution in [1.29, 1.82) is 0 Å². The first-order valence-corrected chi connectivity index (χ1v) is 7.42. The van der Waals surface area contributed by atoms with Crippen molar-refractivity contribution in [1.82, 2.24) is 15.1 Å². The van der Waals surface area contributed by atoms with E-state index in [4.69, 9.17) is 0 Å². The molecular weight excluding hydrogens is 248 g/mol. The normalized spacial score (nSPS) is 16.5. The first kappa shape index (κ1) is 13.2. The highest BCUT2D eigenvalue weighted by Gasteiger charge is 2.18. The highest BCUT2D eigenvalue weighted by Crippen LogP contribution is 2.19. The van der Waals surface area contributed by atoms with Crippen LogP contribution in [0.25, 0.3) is 0 Å². The summed E-state index contributed by atoms with van der Waals surface area (Å²) in [5.74, 6) is 0. The fourth-order valence-corrected chi connectivity index (χ4v) is 2.80. The number of piperidine rings is 1. The number of nitrogens with one attached hydrogen (secondary N) is 1. The molecule has 0 amide bonds. The Bertz CT molecular complexity index is 486. The SMILES string of the molecule is c1ccc(N2CCC(NCCn3cccn3)CC2)cc1. The molecular formula is C16H22N4. The van der Waals surface area contributed by atoms with Gasteiger partial charge in [-0.25, -0.2) is 0 Å². The molecule has 0 saturated carbocycles. The van der Waals surface area contributed by atoms with Crippen molar-refractivity contribution in [2.24, 2.45) is 0 Å². The Hall–Kier alpha value is -1.81. The summed E-state index contributed by atoms with van der Waals surface area (Å²) in [6, 6.07) is 13.3. The third kappa shape index (κ3) is 3.39. The molecule has 1 saturated heterocycles. The molecule has 0 bridgehead atoms. The van der Waals surface area contributed by atoms with Crippen LogP contribution in [0, 0.1) is 0 Å². The lowest BCUT2D eigenvalue weighted by Crippen LogP contribution is -2.43. The van der Waals surface area contributed by atoms with Gasteiger partial charge in [-0.3, -0.25) is 4.68 Å². The van der Waals surface area contributed by atoms with Gasteiger partial charge >= 0.3 is 0 Å². The molecule has 1 aromatic carbocycles. The van der Waals surface area contributed by atoms with Crippen LogP contribution in [0.2, 0.25) is 0 Å². The zero-order chi connectivity index (χ0) is 13.6. The molecule has 106 valence electrons. The smallest absolute Gasteiger partial charge is 0.0534 e. The highest BCUT2D eigenvalue weighted by atomic mass is 15.3. The Morgan fingerprint density at radius 1 is 1.10 bits per heavy atom. The van der Waals surface area contributed by atoms with Gasteiger partial charge in [-0.05, 0) is 31.0 Å². The molecule has 0 spiro atoms. The van der Waals surface area contributed by atoms with Gasteiger partial charge in [0, 0.05) is 43.8 Å². The Balaban J connectivity index is 1.40. The predicted octanol–water partition coefficient (Wildman–Crippen LogP) is 2.14. The van der Waals surface area contributed by atoms with E-state index in [2.05, 4.69) is 45.6 Å². The fourth-order valence-electron chi connectivity index (χ4n) is 2.80. The topological polar surface area (TPSA) is 33.1 Å². The molecule has 2 heterocycles. The molecule has 1 N–H and O–H groups in total. The molecule has 4 nitrogen and oxygen atoms in total. The summed E-state index contributed by atoms with van der Waals surface area (Å²) in [5.41, 5.74) is 1.35. The first-order chi connectivity index (χ1) is 9.92. The fraction of sp³-hybridized carbons (Fsp3) is 0.438. The van der Waals surface area contributed by atoms with E-state index in [1.54, 1.807) is 0 Å². The second kappa shape index (κ2) is 6.57. The summed E-state index contributed by atoms with van der Waals surface area (Å²) in [4.78, 5) is 2.48. The van der Waals surface area contributed by atoms with Crippen LogP contribution in [0.5, 0.6) is 0 Å². The molecule has 1 aromatic heterocycles. The van der Waals surface area contributed by atoms with E-state index in [1.165, 1.54) is 18.5 Å². The molecule has 3 rings (SSSR count). The number of nitrogens with zero attached hydrogens (tertiary/aromatic N) is 3. The van der Waals surface area contributed by atoms with Crippen LogP contribution in [-0.4, -0.2) is 35.5 Å². The third-order valence-electron chi connectivity index (χ3n) is 3.95. The van der Waals surface area contributed by atoms with Crippen molar-refractivity contribution >= 4 is 5.69 Å². The quantitative estimate of drug-likeness (QED) is 0.903. The van der Waals surface area contributed by atoms with Gasteiger partial charge in [0.25, 0.3) is 0 Å². The van der Waals surface area contributed by atoms with Crippen LogP contribution >= 0.6 is 0 Å². The zero-order valence-corrected chi connectivity index (χ0v) is 11.8. The van der Waals surface area contributed by atoms with E-state index in [-0.39, 0.29) is 0 Å². The van der Waals surface area contributed by atoms with Gasteiger partial charge < -0.3 is 10.2 Å². The third-order valence-corrected chi connectivity index (χ3v) is 3.95. The average Bonchev–Trinajstić information content (AvgIpc) is 3.02. The number of anilines is 1. The zero-order valence-electron chi connectivity index (χ0n) is 11.8. The molecule has 0 aliphatic carbocycles. The minimum Gasteiger partial charge on any atom is -0.371 e. The van der Waals surface area contributed by atoms with E-state index < -0.39 is 0 Å². The Morgan fingerprint density at radius 3 is 2.60 bits per heavy atom. The largest absolute Gasteiger partial charge is 0.371 e. The number of rotatable bonds is 5. The number of hydrogen-bond donors (Lipinski definition) is 1. The van der Waals surface area contributed by atoms with Crippen LogP contribution in [0.15, 0.2) is 48.8 Å². The lowest BCUT2D eigenvalue weighted by atomic mass is 10.0. The summed E-state index contributed by atoms with van der Waals surface area (Å²) in [6.07, 6.45) is 6.28. The van der Waals surface area contributed by atoms with E-state index in [0.29, 0.717) is 6.04 Å². The maximum Gasteiger partial charge on any atom is 0.0534 e. The van der Waals surface area contributed by atoms with Crippen LogP contribution in [-0.2, 0) is 6.54 Å². The standard InChI is InChI=1S/C16H22N4/c1-2-5-16(6-3-1)19-12-7-15(8-13-19)17-10-14-20-11-4-9-18-20/h1-6,9,11,15,17H,7-8,10,12-14H2. The number of para-hydroxylation sites is 1. The van der Waals surface area contributed by atoms with Crippen LogP contribution < -0.4 is 10.2 Å². The molecule has 4 heteroatoms. The van der Waals surface area contributed by atoms with Crippen molar-refractivity contribution in [2.45, 2.75) is 25.4 Å². The van der Waals surface area contributed by atoms with E-state index in [9.17, 15) is 0 Å². The van der Waals surface area contributed by atoms with Crippen LogP contribution in [0.1, 0.15) is 12.8 Å². The van der Waals surface area contributed by atoms with Crippen molar-refractivity contribution in [2.75, 3.05) is 24.5 Å². The maximum atomic E-state index is 4.22. The number of benzene rings is 1. The monoisotopic (exact) mass is 270 g/mol. The molecule has 2 aromatic rings. The van der Waals surface area contributed by atoms with Crippen LogP contribution in [0.3, 0.4) is 0 Å². The van der Waals surface area contributed by atoms with Gasteiger partial charge in [-0.15, -0.1) is 0 Å². The first-order valence-electron chi connectivity index (χ1n) is 7.42. The maximum absolute atomic E-state index is 4.22. The Kier molecular flexibility index (Phi) is 4.33. The molecule has 1 fully saturated rings. The van der Waals surface area contributed by atoms with E-state index in [0.717, 1.165) is 26.2 Å². The lowest BCUT2D eigenvalue weighted by Gasteiger charge is -2.34. The van der Waals surface area contributed by atoms with Gasteiger partial charge in [-0.2, -0.15) is 5.10 Å². The summed E-state index contributed by atoms with van der Waals surface area (Å²) < 4.78 is 1.98. The van der Waals surface area contributed by atoms with Gasteiger partial charge in [0.15, 0.2) is 0 Å². The van der Waals surface area contributed by atoms with Crippen molar-refractivity contribution in [3.8, 4) is 0 Å². The molecule has 0 radical (unpaired) electrons. The summed E-state index contributed by atoms with van der Waals surface area (Å²) in [6.45, 7) is 4.23. The lowest BCUT2D eigenvalue weighted by molar-refractivity contribution is 0.401. The van der Waals surface area contributed by atoms with Crippen molar-refractivity contribution < 1.29 is 0 Å². The van der Waals surface area contributed by atoms with Gasteiger partial charge in [0.05, 0.1) is 6.54 Å². The second-order valence-electron chi connectivity index (χ2n) is 5.32. The van der Waals surface area contributed by atoms with Crippen molar-refractivity contribution in [3.05, 3.63) is 48.8 Å². The molecule has 20 heavy (non-hydrogen) atoms. The minimum absolute atomic E-state index is 0.644. The highest BCUT2D eigenvalue weighted by molar-refractivity contribution is 5.46. The molecule has 0 unspecified atom stereocenters. The van der Waals surface area contributed by atoms with Gasteiger partial charge in [0.2, 0.25) is 0 Å². The summed E-state index contributed by atoms with van der Waals surface area (Å²) >= 11 is 0. The van der Waals surface area contributed by atoms with Crippen molar-refractivity contribution in [3.63, 3.8) is 0 Å². The van der Waals surface area contributed by atoms with Crippen LogP contribution in [0.4, 0.5) is 5.69 Å². The molecule has 0 atom stereocenters. The number of aromatic nitrogens is 2. The molecule has 1 aliphatic rings. The summed E-state index contributed by atoms with van der Waals surface area (Å²) in [5, 5.41) is 7.86. The predicted molar refractivity (Wildman–Crippen MR) is 81.9 cm³/mol. The summed E-state index contributed by atoms with van der Waals surface area (Å²) in [7, 11) is 0. The van der Waals surface area contributed by atoms with Gasteiger partial charge in [0.1, 0.15) is 0 Å². The van der Waals surface area contributed by atoms with E-state index >= 15 is 0 Å². The number of hydrogen-bond acceptors (Lipinski definition) is 3. The van der Waals surface area contributed by atoms with Gasteiger partial charge in [-0.1, -0.05) is 18.2 Å². The Morgan fingerprint density at radius 2 is 1.90 bits per heavy atom. The van der Waals surface area contributed by atoms with E-state index in [1.807, 2.05) is 23.1 Å². The molecule has 1 aliphatic heterocycles. The Labute approximate surface area is 120 Å².